The first-order valence-corrected chi connectivity index (χ1v) is 7.73. The number of pyridine rings is 1. The first kappa shape index (κ1) is 13.6. The van der Waals surface area contributed by atoms with Gasteiger partial charge in [0.1, 0.15) is 11.5 Å². The van der Waals surface area contributed by atoms with Crippen molar-refractivity contribution in [1.29, 1.82) is 0 Å². The quantitative estimate of drug-likeness (QED) is 0.639. The largest absolute Gasteiger partial charge is 0.371 e. The molecule has 3 heterocycles. The van der Waals surface area contributed by atoms with Gasteiger partial charge in [0.25, 0.3) is 10.0 Å². The maximum atomic E-state index is 12.5. The van der Waals surface area contributed by atoms with E-state index in [1.807, 2.05) is 0 Å². The summed E-state index contributed by atoms with van der Waals surface area (Å²) in [6, 6.07) is 5.29. The molecule has 8 nitrogen and oxygen atoms in total. The topological polar surface area (TPSA) is 104 Å². The molecule has 0 atom stereocenters. The van der Waals surface area contributed by atoms with Gasteiger partial charge < -0.3 is 10.3 Å². The van der Waals surface area contributed by atoms with Crippen molar-refractivity contribution in [3.63, 3.8) is 0 Å². The average Bonchev–Trinajstić information content (AvgIpc) is 3.12. The number of imidazole rings is 2. The molecule has 110 valence electrons. The van der Waals surface area contributed by atoms with E-state index in [9.17, 15) is 8.42 Å². The SMILES string of the molecule is CNc1nc2ccccn2c1S(=O)(=O)NCc1ncc[nH]1. The number of nitrogens with zero attached hydrogens (tertiary/aromatic N) is 3. The van der Waals surface area contributed by atoms with Gasteiger partial charge in [0, 0.05) is 25.6 Å². The van der Waals surface area contributed by atoms with Crippen molar-refractivity contribution in [2.75, 3.05) is 12.4 Å². The van der Waals surface area contributed by atoms with E-state index in [4.69, 9.17) is 0 Å². The van der Waals surface area contributed by atoms with Crippen LogP contribution in [-0.4, -0.2) is 34.8 Å². The first-order chi connectivity index (χ1) is 10.1. The molecule has 0 amide bonds. The Balaban J connectivity index is 2.01. The highest BCUT2D eigenvalue weighted by molar-refractivity contribution is 7.89. The van der Waals surface area contributed by atoms with Gasteiger partial charge in [0.05, 0.1) is 6.54 Å². The number of nitrogens with one attached hydrogen (secondary N) is 3. The lowest BCUT2D eigenvalue weighted by Gasteiger charge is -2.07. The molecule has 0 radical (unpaired) electrons. The summed E-state index contributed by atoms with van der Waals surface area (Å²) in [7, 11) is -2.10. The number of fused-ring (bicyclic) bond motifs is 1. The predicted octanol–water partition coefficient (Wildman–Crippen LogP) is 0.578. The second-order valence-electron chi connectivity index (χ2n) is 4.30. The zero-order valence-corrected chi connectivity index (χ0v) is 12.1. The highest BCUT2D eigenvalue weighted by Gasteiger charge is 2.24. The Morgan fingerprint density at radius 1 is 1.38 bits per heavy atom. The molecule has 9 heteroatoms. The van der Waals surface area contributed by atoms with Crippen LogP contribution in [0.15, 0.2) is 41.8 Å². The monoisotopic (exact) mass is 306 g/mol. The molecule has 0 aliphatic carbocycles. The van der Waals surface area contributed by atoms with Gasteiger partial charge in [0.15, 0.2) is 10.8 Å². The van der Waals surface area contributed by atoms with E-state index in [0.717, 1.165) is 0 Å². The molecule has 0 fully saturated rings. The van der Waals surface area contributed by atoms with Gasteiger partial charge in [0.2, 0.25) is 0 Å². The van der Waals surface area contributed by atoms with Crippen molar-refractivity contribution < 1.29 is 8.42 Å². The standard InChI is InChI=1S/C12H14N6O2S/c1-13-11-12(18-7-3-2-4-10(18)17-11)21(19,20)16-8-9-14-5-6-15-9/h2-7,13,16H,8H2,1H3,(H,14,15). The van der Waals surface area contributed by atoms with Crippen molar-refractivity contribution in [2.45, 2.75) is 11.6 Å². The molecule has 0 aliphatic rings. The Kier molecular flexibility index (Phi) is 3.35. The number of sulfonamides is 1. The van der Waals surface area contributed by atoms with Crippen molar-refractivity contribution in [3.8, 4) is 0 Å². The fourth-order valence-electron chi connectivity index (χ4n) is 2.02. The summed E-state index contributed by atoms with van der Waals surface area (Å²) < 4.78 is 29.1. The summed E-state index contributed by atoms with van der Waals surface area (Å²) in [6.45, 7) is 0.0819. The van der Waals surface area contributed by atoms with Gasteiger partial charge in [-0.25, -0.2) is 23.1 Å². The Morgan fingerprint density at radius 2 is 2.24 bits per heavy atom. The lowest BCUT2D eigenvalue weighted by atomic mass is 10.5. The lowest BCUT2D eigenvalue weighted by Crippen LogP contribution is -2.25. The molecule has 3 aromatic heterocycles. The molecule has 0 saturated heterocycles. The van der Waals surface area contributed by atoms with Crippen LogP contribution in [0.5, 0.6) is 0 Å². The van der Waals surface area contributed by atoms with Crippen molar-refractivity contribution in [2.24, 2.45) is 0 Å². The number of H-pyrrole nitrogens is 1. The van der Waals surface area contributed by atoms with Crippen LogP contribution in [0.3, 0.4) is 0 Å². The number of rotatable bonds is 5. The summed E-state index contributed by atoms with van der Waals surface area (Å²) in [5.74, 6) is 0.839. The van der Waals surface area contributed by atoms with Crippen LogP contribution in [0.1, 0.15) is 5.82 Å². The summed E-state index contributed by atoms with van der Waals surface area (Å²) in [4.78, 5) is 11.1. The molecule has 0 bridgehead atoms. The maximum Gasteiger partial charge on any atom is 0.260 e. The first-order valence-electron chi connectivity index (χ1n) is 6.24. The maximum absolute atomic E-state index is 12.5. The third-order valence-electron chi connectivity index (χ3n) is 2.96. The average molecular weight is 306 g/mol. The van der Waals surface area contributed by atoms with Crippen LogP contribution in [0.25, 0.3) is 5.65 Å². The van der Waals surface area contributed by atoms with Gasteiger partial charge in [-0.2, -0.15) is 0 Å². The van der Waals surface area contributed by atoms with Crippen LogP contribution in [0.2, 0.25) is 0 Å². The van der Waals surface area contributed by atoms with Crippen LogP contribution < -0.4 is 10.0 Å². The van der Waals surface area contributed by atoms with Crippen LogP contribution in [0, 0.1) is 0 Å². The summed E-state index contributed by atoms with van der Waals surface area (Å²) in [5.41, 5.74) is 0.556. The van der Waals surface area contributed by atoms with E-state index in [1.165, 1.54) is 4.40 Å². The molecule has 3 N–H and O–H groups in total. The van der Waals surface area contributed by atoms with E-state index < -0.39 is 10.0 Å². The van der Waals surface area contributed by atoms with E-state index in [2.05, 4.69) is 25.0 Å². The number of anilines is 1. The third-order valence-corrected chi connectivity index (χ3v) is 4.39. The van der Waals surface area contributed by atoms with E-state index >= 15 is 0 Å². The summed E-state index contributed by atoms with van der Waals surface area (Å²) in [5, 5.41) is 2.89. The summed E-state index contributed by atoms with van der Waals surface area (Å²) >= 11 is 0. The third kappa shape index (κ3) is 2.48. The molecule has 0 aliphatic heterocycles. The number of aromatic amines is 1. The smallest absolute Gasteiger partial charge is 0.260 e. The fraction of sp³-hybridized carbons (Fsp3) is 0.167. The molecule has 3 aromatic rings. The van der Waals surface area contributed by atoms with Crippen molar-refractivity contribution in [1.82, 2.24) is 24.1 Å². The van der Waals surface area contributed by atoms with Crippen LogP contribution in [0.4, 0.5) is 5.82 Å². The van der Waals surface area contributed by atoms with Gasteiger partial charge in [-0.05, 0) is 12.1 Å². The van der Waals surface area contributed by atoms with Crippen molar-refractivity contribution >= 4 is 21.5 Å². The molecular weight excluding hydrogens is 292 g/mol. The van der Waals surface area contributed by atoms with Gasteiger partial charge in [-0.15, -0.1) is 0 Å². The van der Waals surface area contributed by atoms with Crippen LogP contribution in [-0.2, 0) is 16.6 Å². The summed E-state index contributed by atoms with van der Waals surface area (Å²) in [6.07, 6.45) is 4.86. The Bertz CT molecular complexity index is 853. The number of hydrogen-bond donors (Lipinski definition) is 3. The molecular formula is C12H14N6O2S. The molecule has 0 unspecified atom stereocenters. The Hall–Kier alpha value is -2.39. The molecule has 0 saturated carbocycles. The van der Waals surface area contributed by atoms with Gasteiger partial charge >= 0.3 is 0 Å². The highest BCUT2D eigenvalue weighted by atomic mass is 32.2. The molecule has 0 spiro atoms. The Morgan fingerprint density at radius 3 is 2.95 bits per heavy atom. The molecule has 21 heavy (non-hydrogen) atoms. The fourth-order valence-corrected chi connectivity index (χ4v) is 3.30. The normalized spacial score (nSPS) is 11.9. The molecule has 0 aromatic carbocycles. The zero-order valence-electron chi connectivity index (χ0n) is 11.2. The van der Waals surface area contributed by atoms with E-state index in [0.29, 0.717) is 17.3 Å². The minimum absolute atomic E-state index is 0.0761. The van der Waals surface area contributed by atoms with E-state index in [1.54, 1.807) is 43.8 Å². The number of hydrogen-bond acceptors (Lipinski definition) is 5. The Labute approximate surface area is 121 Å². The second kappa shape index (κ2) is 5.19. The lowest BCUT2D eigenvalue weighted by molar-refractivity contribution is 0.575. The minimum atomic E-state index is -3.73. The van der Waals surface area contributed by atoms with Gasteiger partial charge in [-0.1, -0.05) is 6.07 Å². The van der Waals surface area contributed by atoms with Gasteiger partial charge in [-0.3, -0.25) is 4.40 Å². The predicted molar refractivity (Wildman–Crippen MR) is 77.4 cm³/mol. The molecule has 3 rings (SSSR count). The second-order valence-corrected chi connectivity index (χ2v) is 5.99. The minimum Gasteiger partial charge on any atom is -0.371 e. The zero-order chi connectivity index (χ0) is 14.9. The van der Waals surface area contributed by atoms with Crippen molar-refractivity contribution in [3.05, 3.63) is 42.6 Å². The highest BCUT2D eigenvalue weighted by Crippen LogP contribution is 2.22. The van der Waals surface area contributed by atoms with Crippen LogP contribution >= 0.6 is 0 Å². The number of aromatic nitrogens is 4. The van der Waals surface area contributed by atoms with E-state index in [-0.39, 0.29) is 11.6 Å².